The monoisotopic (exact) mass is 419 g/mol. The number of nitrogens with zero attached hydrogens (tertiary/aromatic N) is 2. The van der Waals surface area contributed by atoms with Crippen molar-refractivity contribution >= 4 is 35.4 Å². The second kappa shape index (κ2) is 9.52. The van der Waals surface area contributed by atoms with Crippen LogP contribution in [0.15, 0.2) is 24.3 Å². The lowest BCUT2D eigenvalue weighted by Gasteiger charge is -2.37. The predicted octanol–water partition coefficient (Wildman–Crippen LogP) is 3.21. The van der Waals surface area contributed by atoms with Gasteiger partial charge < -0.3 is 15.0 Å². The standard InChI is InChI=1S/C21H29N3O4S/c1-14(2)29-13-19(25)22-17-6-4-16(5-7-17)20(26)23-10-8-18(9-11-23)24-15(3)12-28-21(24)27/h4-7,14-15,18H,8-13H2,1-3H3,(H,22,25). The van der Waals surface area contributed by atoms with E-state index in [2.05, 4.69) is 19.2 Å². The molecule has 29 heavy (non-hydrogen) atoms. The van der Waals surface area contributed by atoms with Crippen LogP contribution in [0.5, 0.6) is 0 Å². The lowest BCUT2D eigenvalue weighted by atomic mass is 10.0. The minimum absolute atomic E-state index is 0.0197. The van der Waals surface area contributed by atoms with E-state index in [0.29, 0.717) is 42.0 Å². The normalized spacial score (nSPS) is 20.1. The Kier molecular flexibility index (Phi) is 7.05. The van der Waals surface area contributed by atoms with Crippen molar-refractivity contribution in [1.29, 1.82) is 0 Å². The fourth-order valence-electron chi connectivity index (χ4n) is 3.70. The zero-order valence-corrected chi connectivity index (χ0v) is 18.0. The molecule has 0 radical (unpaired) electrons. The molecule has 7 nitrogen and oxygen atoms in total. The van der Waals surface area contributed by atoms with Gasteiger partial charge in [0, 0.05) is 30.4 Å². The van der Waals surface area contributed by atoms with Crippen LogP contribution in [-0.2, 0) is 9.53 Å². The first-order valence-corrected chi connectivity index (χ1v) is 11.2. The number of cyclic esters (lactones) is 1. The van der Waals surface area contributed by atoms with Gasteiger partial charge in [0.15, 0.2) is 0 Å². The average Bonchev–Trinajstić information content (AvgIpc) is 3.05. The molecular formula is C21H29N3O4S. The van der Waals surface area contributed by atoms with Crippen molar-refractivity contribution in [3.8, 4) is 0 Å². The molecule has 0 aliphatic carbocycles. The maximum absolute atomic E-state index is 12.8. The molecular weight excluding hydrogens is 390 g/mol. The second-order valence-electron chi connectivity index (χ2n) is 7.84. The van der Waals surface area contributed by atoms with Gasteiger partial charge in [0.2, 0.25) is 5.91 Å². The molecule has 2 heterocycles. The van der Waals surface area contributed by atoms with Gasteiger partial charge in [-0.15, -0.1) is 11.8 Å². The summed E-state index contributed by atoms with van der Waals surface area (Å²) in [6.45, 7) is 7.77. The summed E-state index contributed by atoms with van der Waals surface area (Å²) in [5, 5.41) is 3.26. The Labute approximate surface area is 176 Å². The van der Waals surface area contributed by atoms with Crippen LogP contribution in [0.1, 0.15) is 44.0 Å². The summed E-state index contributed by atoms with van der Waals surface area (Å²) in [6, 6.07) is 7.25. The van der Waals surface area contributed by atoms with E-state index in [4.69, 9.17) is 4.74 Å². The van der Waals surface area contributed by atoms with Gasteiger partial charge >= 0.3 is 6.09 Å². The van der Waals surface area contributed by atoms with Crippen LogP contribution in [0.3, 0.4) is 0 Å². The number of amides is 3. The van der Waals surface area contributed by atoms with Crippen molar-refractivity contribution in [3.05, 3.63) is 29.8 Å². The van der Waals surface area contributed by atoms with Crippen LogP contribution in [0.2, 0.25) is 0 Å². The summed E-state index contributed by atoms with van der Waals surface area (Å²) in [6.07, 6.45) is 1.27. The number of anilines is 1. The summed E-state index contributed by atoms with van der Waals surface area (Å²) >= 11 is 1.59. The minimum atomic E-state index is -0.244. The topological polar surface area (TPSA) is 79.0 Å². The summed E-state index contributed by atoms with van der Waals surface area (Å²) < 4.78 is 5.12. The molecule has 3 amide bonds. The van der Waals surface area contributed by atoms with Gasteiger partial charge in [-0.2, -0.15) is 0 Å². The van der Waals surface area contributed by atoms with Crippen LogP contribution in [0, 0.1) is 0 Å². The molecule has 2 aliphatic rings. The first kappa shape index (κ1) is 21.5. The third-order valence-corrected chi connectivity index (χ3v) is 6.34. The van der Waals surface area contributed by atoms with Gasteiger partial charge in [0.25, 0.3) is 5.91 Å². The molecule has 0 spiro atoms. The summed E-state index contributed by atoms with van der Waals surface area (Å²) in [4.78, 5) is 40.3. The van der Waals surface area contributed by atoms with Crippen molar-refractivity contribution in [2.75, 3.05) is 30.8 Å². The Hall–Kier alpha value is -2.22. The van der Waals surface area contributed by atoms with Crippen LogP contribution in [0.25, 0.3) is 0 Å². The predicted molar refractivity (Wildman–Crippen MR) is 114 cm³/mol. The molecule has 0 aromatic heterocycles. The van der Waals surface area contributed by atoms with E-state index in [9.17, 15) is 14.4 Å². The molecule has 8 heteroatoms. The fraction of sp³-hybridized carbons (Fsp3) is 0.571. The largest absolute Gasteiger partial charge is 0.447 e. The van der Waals surface area contributed by atoms with E-state index in [1.165, 1.54) is 0 Å². The quantitative estimate of drug-likeness (QED) is 0.766. The summed E-state index contributed by atoms with van der Waals surface area (Å²) in [5.41, 5.74) is 1.29. The molecule has 3 rings (SSSR count). The van der Waals surface area contributed by atoms with E-state index in [1.807, 2.05) is 16.7 Å². The molecule has 1 aromatic rings. The lowest BCUT2D eigenvalue weighted by Crippen LogP contribution is -2.49. The smallest absolute Gasteiger partial charge is 0.410 e. The van der Waals surface area contributed by atoms with Gasteiger partial charge in [-0.3, -0.25) is 14.5 Å². The Morgan fingerprint density at radius 3 is 2.41 bits per heavy atom. The third-order valence-electron chi connectivity index (χ3n) is 5.24. The maximum atomic E-state index is 12.8. The van der Waals surface area contributed by atoms with Crippen molar-refractivity contribution in [2.45, 2.75) is 50.9 Å². The SMILES string of the molecule is CC(C)SCC(=O)Nc1ccc(C(=O)N2CCC(N3C(=O)OCC3C)CC2)cc1. The maximum Gasteiger partial charge on any atom is 0.410 e. The number of hydrogen-bond acceptors (Lipinski definition) is 5. The van der Waals surface area contributed by atoms with Gasteiger partial charge in [-0.1, -0.05) is 13.8 Å². The van der Waals surface area contributed by atoms with Crippen LogP contribution in [0.4, 0.5) is 10.5 Å². The number of rotatable bonds is 6. The lowest BCUT2D eigenvalue weighted by molar-refractivity contribution is -0.113. The number of benzene rings is 1. The summed E-state index contributed by atoms with van der Waals surface area (Å²) in [7, 11) is 0. The number of likely N-dealkylation sites (tertiary alicyclic amines) is 1. The van der Waals surface area contributed by atoms with E-state index >= 15 is 0 Å². The first-order chi connectivity index (χ1) is 13.8. The number of carbonyl (C=O) groups excluding carboxylic acids is 3. The third kappa shape index (κ3) is 5.44. The number of thioether (sulfide) groups is 1. The number of carbonyl (C=O) groups is 3. The molecule has 0 saturated carbocycles. The number of nitrogens with one attached hydrogen (secondary N) is 1. The molecule has 1 aromatic carbocycles. The molecule has 1 N–H and O–H groups in total. The van der Waals surface area contributed by atoms with Crippen LogP contribution < -0.4 is 5.32 Å². The Bertz CT molecular complexity index is 745. The highest BCUT2D eigenvalue weighted by Gasteiger charge is 2.37. The molecule has 1 atom stereocenters. The van der Waals surface area contributed by atoms with Crippen LogP contribution in [-0.4, -0.2) is 70.5 Å². The highest BCUT2D eigenvalue weighted by Crippen LogP contribution is 2.24. The Morgan fingerprint density at radius 1 is 1.21 bits per heavy atom. The average molecular weight is 420 g/mol. The molecule has 158 valence electrons. The highest BCUT2D eigenvalue weighted by molar-refractivity contribution is 8.00. The van der Waals surface area contributed by atoms with E-state index in [1.54, 1.807) is 36.0 Å². The number of hydrogen-bond donors (Lipinski definition) is 1. The molecule has 2 fully saturated rings. The Morgan fingerprint density at radius 2 is 1.86 bits per heavy atom. The van der Waals surface area contributed by atoms with E-state index in [-0.39, 0.29) is 30.0 Å². The zero-order valence-electron chi connectivity index (χ0n) is 17.2. The van der Waals surface area contributed by atoms with Crippen molar-refractivity contribution in [2.24, 2.45) is 0 Å². The highest BCUT2D eigenvalue weighted by atomic mass is 32.2. The second-order valence-corrected chi connectivity index (χ2v) is 9.41. The molecule has 0 bridgehead atoms. The number of ether oxygens (including phenoxy) is 1. The van der Waals surface area contributed by atoms with E-state index < -0.39 is 0 Å². The van der Waals surface area contributed by atoms with Gasteiger partial charge in [0.05, 0.1) is 11.8 Å². The number of piperidine rings is 1. The van der Waals surface area contributed by atoms with E-state index in [0.717, 1.165) is 12.8 Å². The van der Waals surface area contributed by atoms with Crippen molar-refractivity contribution < 1.29 is 19.1 Å². The van der Waals surface area contributed by atoms with Crippen molar-refractivity contribution in [1.82, 2.24) is 9.80 Å². The zero-order chi connectivity index (χ0) is 21.0. The molecule has 1 unspecified atom stereocenters. The summed E-state index contributed by atoms with van der Waals surface area (Å²) in [5.74, 6) is 0.351. The minimum Gasteiger partial charge on any atom is -0.447 e. The van der Waals surface area contributed by atoms with Crippen molar-refractivity contribution in [3.63, 3.8) is 0 Å². The van der Waals surface area contributed by atoms with Crippen LogP contribution >= 0.6 is 11.8 Å². The fourth-order valence-corrected chi connectivity index (χ4v) is 4.26. The van der Waals surface area contributed by atoms with Gasteiger partial charge in [-0.05, 0) is 49.3 Å². The van der Waals surface area contributed by atoms with Gasteiger partial charge in [-0.25, -0.2) is 4.79 Å². The van der Waals surface area contributed by atoms with Gasteiger partial charge in [0.1, 0.15) is 6.61 Å². The first-order valence-electron chi connectivity index (χ1n) is 10.1. The molecule has 2 aliphatic heterocycles. The Balaban J connectivity index is 1.51. The molecule has 2 saturated heterocycles.